The maximum Gasteiger partial charge on any atom is 0.311 e. The van der Waals surface area contributed by atoms with Crippen molar-refractivity contribution in [3.05, 3.63) is 33.4 Å². The molecule has 11 heteroatoms. The number of aromatic nitrogens is 1. The minimum absolute atomic E-state index is 0.00289. The molecule has 1 amide bonds. The molecular weight excluding hydrogens is 456 g/mol. The van der Waals surface area contributed by atoms with Gasteiger partial charge in [-0.15, -0.1) is 11.3 Å². The molecule has 2 aliphatic rings. The van der Waals surface area contributed by atoms with Gasteiger partial charge in [0, 0.05) is 46.5 Å². The van der Waals surface area contributed by atoms with E-state index in [1.54, 1.807) is 5.38 Å². The minimum Gasteiger partial charge on any atom is -0.481 e. The van der Waals surface area contributed by atoms with E-state index in [1.165, 1.54) is 30.4 Å². The maximum absolute atomic E-state index is 13.1. The molecule has 32 heavy (non-hydrogen) atoms. The lowest BCUT2D eigenvalue weighted by Crippen LogP contribution is -2.34. The summed E-state index contributed by atoms with van der Waals surface area (Å²) in [5.74, 6) is -2.37. The third kappa shape index (κ3) is 5.33. The smallest absolute Gasteiger partial charge is 0.311 e. The number of likely N-dealkylation sites (N-methyl/N-ethyl adjacent to an activating group) is 1. The van der Waals surface area contributed by atoms with Crippen LogP contribution in [-0.2, 0) is 30.3 Å². The van der Waals surface area contributed by atoms with Crippen molar-refractivity contribution < 1.29 is 33.8 Å². The van der Waals surface area contributed by atoms with Crippen LogP contribution in [0.4, 0.5) is 4.79 Å². The molecule has 0 fully saturated rings. The molecule has 0 radical (unpaired) electrons. The Kier molecular flexibility index (Phi) is 7.62. The van der Waals surface area contributed by atoms with Crippen LogP contribution in [0, 0.1) is 0 Å². The number of nitrogens with zero attached hydrogens (tertiary/aromatic N) is 2. The van der Waals surface area contributed by atoms with E-state index in [0.717, 1.165) is 24.6 Å². The van der Waals surface area contributed by atoms with Gasteiger partial charge in [0.25, 0.3) is 5.24 Å². The van der Waals surface area contributed by atoms with Gasteiger partial charge in [-0.1, -0.05) is 0 Å². The second-order valence-electron chi connectivity index (χ2n) is 7.43. The topological polar surface area (TPSA) is 131 Å². The number of thioether (sulfide) groups is 1. The van der Waals surface area contributed by atoms with Gasteiger partial charge < -0.3 is 14.7 Å². The summed E-state index contributed by atoms with van der Waals surface area (Å²) in [7, 11) is 2.76. The lowest BCUT2D eigenvalue weighted by Gasteiger charge is -2.28. The maximum atomic E-state index is 13.1. The number of ether oxygens (including phenoxy) is 1. The Morgan fingerprint density at radius 2 is 1.75 bits per heavy atom. The van der Waals surface area contributed by atoms with Gasteiger partial charge in [0.1, 0.15) is 0 Å². The number of esters is 1. The minimum atomic E-state index is -1.21. The second-order valence-corrected chi connectivity index (χ2v) is 9.49. The zero-order valence-corrected chi connectivity index (χ0v) is 19.3. The van der Waals surface area contributed by atoms with Gasteiger partial charge in [-0.25, -0.2) is 4.98 Å². The molecule has 1 heterocycles. The summed E-state index contributed by atoms with van der Waals surface area (Å²) < 4.78 is 5.02. The van der Waals surface area contributed by atoms with Gasteiger partial charge in [0.2, 0.25) is 0 Å². The standard InChI is InChI=1S/C21H22N2O7S2/c1-23(21(29)32-20-22-11(10-31-20)7-17(26)30-2)9-15-14(8-16(24)25)18(27)12-5-3-4-6-13(12)19(15)28/h10H,3-9H2,1-2H3,(H,24,25). The zero-order chi connectivity index (χ0) is 23.4. The molecule has 9 nitrogen and oxygen atoms in total. The second kappa shape index (κ2) is 10.2. The van der Waals surface area contributed by atoms with Crippen LogP contribution < -0.4 is 0 Å². The predicted octanol–water partition coefficient (Wildman–Crippen LogP) is 2.80. The van der Waals surface area contributed by atoms with Crippen molar-refractivity contribution in [2.45, 2.75) is 42.9 Å². The number of carboxylic acids is 1. The van der Waals surface area contributed by atoms with E-state index in [4.69, 9.17) is 0 Å². The third-order valence-electron chi connectivity index (χ3n) is 5.22. The van der Waals surface area contributed by atoms with Gasteiger partial charge in [-0.05, 0) is 25.7 Å². The number of allylic oxidation sites excluding steroid dienone is 2. The molecule has 1 aromatic heterocycles. The van der Waals surface area contributed by atoms with Crippen LogP contribution in [-0.4, -0.2) is 64.4 Å². The molecule has 170 valence electrons. The van der Waals surface area contributed by atoms with Crippen molar-refractivity contribution in [3.63, 3.8) is 0 Å². The third-order valence-corrected chi connectivity index (χ3v) is 7.20. The fourth-order valence-corrected chi connectivity index (χ4v) is 5.27. The number of ketones is 2. The Balaban J connectivity index is 1.76. The predicted molar refractivity (Wildman–Crippen MR) is 117 cm³/mol. The highest BCUT2D eigenvalue weighted by molar-refractivity contribution is 8.14. The molecule has 0 atom stereocenters. The highest BCUT2D eigenvalue weighted by Crippen LogP contribution is 2.36. The number of aliphatic carboxylic acids is 1. The fourth-order valence-electron chi connectivity index (χ4n) is 3.64. The van der Waals surface area contributed by atoms with Crippen LogP contribution in [0.15, 0.2) is 32.0 Å². The summed E-state index contributed by atoms with van der Waals surface area (Å²) in [4.78, 5) is 66.9. The monoisotopic (exact) mass is 478 g/mol. The van der Waals surface area contributed by atoms with Crippen LogP contribution in [0.5, 0.6) is 0 Å². The molecule has 1 N–H and O–H groups in total. The van der Waals surface area contributed by atoms with Crippen molar-refractivity contribution in [2.24, 2.45) is 0 Å². The number of methoxy groups -OCH3 is 1. The molecule has 3 rings (SSSR count). The molecule has 0 spiro atoms. The summed E-state index contributed by atoms with van der Waals surface area (Å²) in [6.45, 7) is -0.170. The van der Waals surface area contributed by atoms with E-state index in [0.29, 0.717) is 34.0 Å². The van der Waals surface area contributed by atoms with E-state index in [1.807, 2.05) is 0 Å². The normalized spacial score (nSPS) is 16.2. The molecule has 0 unspecified atom stereocenters. The summed E-state index contributed by atoms with van der Waals surface area (Å²) in [6.07, 6.45) is 1.97. The first-order valence-corrected chi connectivity index (χ1v) is 11.6. The van der Waals surface area contributed by atoms with E-state index in [2.05, 4.69) is 9.72 Å². The van der Waals surface area contributed by atoms with Crippen LogP contribution >= 0.6 is 23.1 Å². The number of hydrogen-bond donors (Lipinski definition) is 1. The molecule has 0 aliphatic heterocycles. The largest absolute Gasteiger partial charge is 0.481 e. The van der Waals surface area contributed by atoms with Gasteiger partial charge in [-0.3, -0.25) is 24.0 Å². The molecule has 0 aromatic carbocycles. The summed E-state index contributed by atoms with van der Waals surface area (Å²) in [6, 6.07) is 0. The molecule has 0 saturated heterocycles. The Bertz CT molecular complexity index is 1050. The van der Waals surface area contributed by atoms with Crippen molar-refractivity contribution in [1.82, 2.24) is 9.88 Å². The number of carboxylic acid groups (broad SMARTS) is 1. The average Bonchev–Trinajstić information content (AvgIpc) is 3.20. The quantitative estimate of drug-likeness (QED) is 0.357. The highest BCUT2D eigenvalue weighted by atomic mass is 32.2. The van der Waals surface area contributed by atoms with Crippen molar-refractivity contribution in [2.75, 3.05) is 20.7 Å². The number of Topliss-reactive ketones (excluding diaryl/α,β-unsaturated/α-hetero) is 2. The van der Waals surface area contributed by atoms with E-state index in [-0.39, 0.29) is 29.9 Å². The molecule has 2 aliphatic carbocycles. The Labute approximate surface area is 192 Å². The number of rotatable bonds is 7. The van der Waals surface area contributed by atoms with Crippen LogP contribution in [0.1, 0.15) is 37.8 Å². The average molecular weight is 479 g/mol. The van der Waals surface area contributed by atoms with Crippen molar-refractivity contribution in [1.29, 1.82) is 0 Å². The molecular formula is C21H22N2O7S2. The van der Waals surface area contributed by atoms with E-state index >= 15 is 0 Å². The first kappa shape index (κ1) is 23.9. The first-order valence-electron chi connectivity index (χ1n) is 9.90. The lowest BCUT2D eigenvalue weighted by molar-refractivity contribution is -0.140. The van der Waals surface area contributed by atoms with Crippen molar-refractivity contribution in [3.8, 4) is 0 Å². The Morgan fingerprint density at radius 1 is 1.12 bits per heavy atom. The van der Waals surface area contributed by atoms with Gasteiger partial charge in [0.15, 0.2) is 15.9 Å². The van der Waals surface area contributed by atoms with Crippen molar-refractivity contribution >= 4 is 51.8 Å². The number of carbonyl (C=O) groups is 5. The zero-order valence-electron chi connectivity index (χ0n) is 17.6. The SMILES string of the molecule is COC(=O)Cc1csc(SC(=O)N(C)CC2=C(CC(=O)O)C(=O)C3=C(CCCC3)C2=O)n1. The fraction of sp³-hybridized carbons (Fsp3) is 0.429. The lowest BCUT2D eigenvalue weighted by atomic mass is 9.76. The van der Waals surface area contributed by atoms with Gasteiger partial charge in [-0.2, -0.15) is 0 Å². The number of thiazole rings is 1. The van der Waals surface area contributed by atoms with E-state index < -0.39 is 29.4 Å². The number of amides is 1. The Morgan fingerprint density at radius 3 is 2.34 bits per heavy atom. The molecule has 0 saturated carbocycles. The molecule has 0 bridgehead atoms. The summed E-state index contributed by atoms with van der Waals surface area (Å²) in [5, 5.41) is 10.5. The molecule has 1 aromatic rings. The number of carbonyl (C=O) groups excluding carboxylic acids is 4. The van der Waals surface area contributed by atoms with Crippen LogP contribution in [0.3, 0.4) is 0 Å². The van der Waals surface area contributed by atoms with Gasteiger partial charge >= 0.3 is 11.9 Å². The van der Waals surface area contributed by atoms with Crippen LogP contribution in [0.2, 0.25) is 0 Å². The number of hydrogen-bond acceptors (Lipinski definition) is 9. The Hall–Kier alpha value is -2.79. The van der Waals surface area contributed by atoms with Crippen LogP contribution in [0.25, 0.3) is 0 Å². The summed E-state index contributed by atoms with van der Waals surface area (Å²) in [5.41, 5.74) is 1.38. The summed E-state index contributed by atoms with van der Waals surface area (Å²) >= 11 is 2.03. The first-order chi connectivity index (χ1) is 15.2. The van der Waals surface area contributed by atoms with Gasteiger partial charge in [0.05, 0.1) is 32.2 Å². The van der Waals surface area contributed by atoms with E-state index in [9.17, 15) is 29.1 Å². The highest BCUT2D eigenvalue weighted by Gasteiger charge is 2.36.